The van der Waals surface area contributed by atoms with E-state index in [1.165, 1.54) is 12.8 Å². The zero-order valence-electron chi connectivity index (χ0n) is 6.57. The van der Waals surface area contributed by atoms with E-state index >= 15 is 0 Å². The molecule has 8 heavy (non-hydrogen) atoms. The lowest BCUT2D eigenvalue weighted by molar-refractivity contribution is 0.788. The Bertz CT molecular complexity index is 25.6. The van der Waals surface area contributed by atoms with Crippen LogP contribution in [0.1, 0.15) is 40.5 Å². The molecular weight excluding hydrogens is 115 g/mol. The third kappa shape index (κ3) is 16.1. The predicted octanol–water partition coefficient (Wildman–Crippen LogP) is 3.08. The lowest BCUT2D eigenvalue weighted by atomic mass is 10.3. The maximum absolute atomic E-state index is 2.78. The second-order valence-corrected chi connectivity index (χ2v) is 2.90. The second kappa shape index (κ2) is 10.4. The molecule has 0 radical (unpaired) electrons. The molecule has 1 heteroatoms. The first-order chi connectivity index (χ1) is 3.77. The highest BCUT2D eigenvalue weighted by Gasteiger charge is 1.85. The van der Waals surface area contributed by atoms with E-state index in [-0.39, 0.29) is 0 Å². The number of hydrogen-bond donors (Lipinski definition) is 0. The molecule has 0 aromatic rings. The van der Waals surface area contributed by atoms with Crippen molar-refractivity contribution in [1.29, 1.82) is 0 Å². The summed E-state index contributed by atoms with van der Waals surface area (Å²) < 4.78 is 0. The van der Waals surface area contributed by atoms with Gasteiger partial charge in [-0.15, -0.1) is 9.24 Å². The maximum Gasteiger partial charge on any atom is -0.0293 e. The molecule has 0 N–H and O–H groups in total. The van der Waals surface area contributed by atoms with Crippen molar-refractivity contribution in [3.05, 3.63) is 0 Å². The topological polar surface area (TPSA) is 0 Å². The monoisotopic (exact) mass is 134 g/mol. The van der Waals surface area contributed by atoms with Crippen LogP contribution in [0.3, 0.4) is 0 Å². The summed E-state index contributed by atoms with van der Waals surface area (Å²) in [5, 5.41) is 0. The minimum absolute atomic E-state index is 0.815. The molecule has 52 valence electrons. The van der Waals surface area contributed by atoms with E-state index in [9.17, 15) is 0 Å². The fourth-order valence-electron chi connectivity index (χ4n) is 0.455. The molecule has 0 aliphatic carbocycles. The Morgan fingerprint density at radius 3 is 1.75 bits per heavy atom. The molecule has 0 aliphatic heterocycles. The predicted molar refractivity (Wildman–Crippen MR) is 45.4 cm³/mol. The van der Waals surface area contributed by atoms with Crippen LogP contribution in [0.5, 0.6) is 0 Å². The molecule has 0 saturated carbocycles. The largest absolute Gasteiger partial charge is 0.135 e. The molecule has 2 unspecified atom stereocenters. The van der Waals surface area contributed by atoms with Gasteiger partial charge in [0.1, 0.15) is 0 Å². The van der Waals surface area contributed by atoms with Gasteiger partial charge in [0.25, 0.3) is 0 Å². The first-order valence-electron chi connectivity index (χ1n) is 3.53. The molecule has 0 spiro atoms. The minimum Gasteiger partial charge on any atom is -0.135 e. The summed E-state index contributed by atoms with van der Waals surface area (Å²) in [4.78, 5) is 0. The van der Waals surface area contributed by atoms with Crippen molar-refractivity contribution in [3.8, 4) is 0 Å². The van der Waals surface area contributed by atoms with Crippen molar-refractivity contribution in [2.75, 3.05) is 0 Å². The molecule has 0 nitrogen and oxygen atoms in total. The van der Waals surface area contributed by atoms with Crippen LogP contribution in [0, 0.1) is 0 Å². The van der Waals surface area contributed by atoms with Gasteiger partial charge in [0.05, 0.1) is 0 Å². The average molecular weight is 134 g/mol. The van der Waals surface area contributed by atoms with Gasteiger partial charge in [-0.3, -0.25) is 0 Å². The van der Waals surface area contributed by atoms with Crippen LogP contribution in [-0.4, -0.2) is 5.66 Å². The third-order valence-corrected chi connectivity index (χ3v) is 1.08. The van der Waals surface area contributed by atoms with Crippen molar-refractivity contribution in [2.24, 2.45) is 0 Å². The van der Waals surface area contributed by atoms with E-state index in [0.717, 1.165) is 5.66 Å². The van der Waals surface area contributed by atoms with Gasteiger partial charge in [0.2, 0.25) is 0 Å². The number of rotatable bonds is 2. The molecular formula is C7H19P. The summed E-state index contributed by atoms with van der Waals surface area (Å²) in [6, 6.07) is 0. The van der Waals surface area contributed by atoms with E-state index in [1.54, 1.807) is 0 Å². The zero-order valence-corrected chi connectivity index (χ0v) is 7.72. The van der Waals surface area contributed by atoms with E-state index in [0.29, 0.717) is 0 Å². The Morgan fingerprint density at radius 1 is 1.38 bits per heavy atom. The lowest BCUT2D eigenvalue weighted by Crippen LogP contribution is -1.84. The first kappa shape index (κ1) is 11.3. The van der Waals surface area contributed by atoms with Crippen LogP contribution in [-0.2, 0) is 0 Å². The highest BCUT2D eigenvalue weighted by molar-refractivity contribution is 7.17. The first-order valence-corrected chi connectivity index (χ1v) is 4.19. The van der Waals surface area contributed by atoms with E-state index in [1.807, 2.05) is 13.8 Å². The Morgan fingerprint density at radius 2 is 1.75 bits per heavy atom. The molecule has 2 atom stereocenters. The Labute approximate surface area is 56.3 Å². The fourth-order valence-corrected chi connectivity index (χ4v) is 0.789. The zero-order chi connectivity index (χ0) is 6.99. The normalized spacial score (nSPS) is 11.6. The lowest BCUT2D eigenvalue weighted by Gasteiger charge is -1.95. The quantitative estimate of drug-likeness (QED) is 0.509. The standard InChI is InChI=1S/C5H13P.C2H6/c1-3-4-5(2)6;1-2/h5H,3-4,6H2,1-2H3;1-2H3. The summed E-state index contributed by atoms with van der Waals surface area (Å²) in [6.07, 6.45) is 2.65. The molecule has 0 amide bonds. The van der Waals surface area contributed by atoms with E-state index < -0.39 is 0 Å². The molecule has 0 aromatic heterocycles. The fraction of sp³-hybridized carbons (Fsp3) is 1.00. The number of hydrogen-bond acceptors (Lipinski definition) is 0. The van der Waals surface area contributed by atoms with Crippen molar-refractivity contribution in [1.82, 2.24) is 0 Å². The highest BCUT2D eigenvalue weighted by atomic mass is 31.0. The van der Waals surface area contributed by atoms with Crippen LogP contribution in [0.2, 0.25) is 0 Å². The van der Waals surface area contributed by atoms with Crippen LogP contribution in [0.15, 0.2) is 0 Å². The molecule has 0 bridgehead atoms. The third-order valence-electron chi connectivity index (χ3n) is 0.744. The van der Waals surface area contributed by atoms with Gasteiger partial charge in [-0.2, -0.15) is 0 Å². The van der Waals surface area contributed by atoms with Gasteiger partial charge >= 0.3 is 0 Å². The molecule has 0 heterocycles. The summed E-state index contributed by atoms with van der Waals surface area (Å²) in [6.45, 7) is 8.43. The summed E-state index contributed by atoms with van der Waals surface area (Å²) in [5.41, 5.74) is 0.815. The van der Waals surface area contributed by atoms with Gasteiger partial charge in [-0.1, -0.05) is 34.1 Å². The minimum atomic E-state index is 0.815. The van der Waals surface area contributed by atoms with Gasteiger partial charge in [-0.05, 0) is 12.1 Å². The van der Waals surface area contributed by atoms with Crippen molar-refractivity contribution >= 4 is 9.24 Å². The highest BCUT2D eigenvalue weighted by Crippen LogP contribution is 2.04. The van der Waals surface area contributed by atoms with Crippen LogP contribution < -0.4 is 0 Å². The van der Waals surface area contributed by atoms with Crippen molar-refractivity contribution in [2.45, 2.75) is 46.2 Å². The second-order valence-electron chi connectivity index (χ2n) is 1.77. The van der Waals surface area contributed by atoms with Gasteiger partial charge < -0.3 is 0 Å². The molecule has 0 aromatic carbocycles. The van der Waals surface area contributed by atoms with E-state index in [2.05, 4.69) is 23.1 Å². The summed E-state index contributed by atoms with van der Waals surface area (Å²) >= 11 is 0. The maximum atomic E-state index is 2.78. The van der Waals surface area contributed by atoms with Crippen molar-refractivity contribution < 1.29 is 0 Å². The average Bonchev–Trinajstić information content (AvgIpc) is 1.72. The van der Waals surface area contributed by atoms with Crippen LogP contribution >= 0.6 is 9.24 Å². The summed E-state index contributed by atoms with van der Waals surface area (Å²) in [7, 11) is 2.78. The summed E-state index contributed by atoms with van der Waals surface area (Å²) in [5.74, 6) is 0. The SMILES string of the molecule is CC.CCCC(C)P. The van der Waals surface area contributed by atoms with E-state index in [4.69, 9.17) is 0 Å². The Balaban J connectivity index is 0. The Hall–Kier alpha value is 0.430. The molecule has 0 fully saturated rings. The van der Waals surface area contributed by atoms with Crippen molar-refractivity contribution in [3.63, 3.8) is 0 Å². The smallest absolute Gasteiger partial charge is 0.0293 e. The molecule has 0 rings (SSSR count). The Kier molecular flexibility index (Phi) is 14.7. The van der Waals surface area contributed by atoms with Crippen LogP contribution in [0.4, 0.5) is 0 Å². The van der Waals surface area contributed by atoms with Gasteiger partial charge in [0.15, 0.2) is 0 Å². The van der Waals surface area contributed by atoms with Gasteiger partial charge in [0, 0.05) is 0 Å². The molecule has 0 saturated heterocycles. The molecule has 0 aliphatic rings. The van der Waals surface area contributed by atoms with Gasteiger partial charge in [-0.25, -0.2) is 0 Å². The van der Waals surface area contributed by atoms with Crippen LogP contribution in [0.25, 0.3) is 0 Å².